The summed E-state index contributed by atoms with van der Waals surface area (Å²) >= 11 is 0. The lowest BCUT2D eigenvalue weighted by Gasteiger charge is -2.10. The van der Waals surface area contributed by atoms with Crippen LogP contribution in [0.15, 0.2) is 65.7 Å². The van der Waals surface area contributed by atoms with Crippen molar-refractivity contribution in [3.05, 3.63) is 66.4 Å². The third-order valence-corrected chi connectivity index (χ3v) is 4.87. The number of para-hydroxylation sites is 1. The van der Waals surface area contributed by atoms with Crippen molar-refractivity contribution in [3.63, 3.8) is 0 Å². The summed E-state index contributed by atoms with van der Waals surface area (Å²) in [4.78, 5) is 4.49. The second kappa shape index (κ2) is 6.36. The van der Waals surface area contributed by atoms with Crippen LogP contribution in [0.4, 0.5) is 5.69 Å². The molecule has 1 aromatic heterocycles. The van der Waals surface area contributed by atoms with Crippen LogP contribution in [0.25, 0.3) is 10.9 Å². The molecule has 3 aromatic rings. The van der Waals surface area contributed by atoms with E-state index in [1.165, 1.54) is 0 Å². The Kier molecular flexibility index (Phi) is 4.27. The SMILES string of the molecule is CNCc1ccc(S(=O)(=O)Nc2cccc3cccnc23)cc1. The minimum absolute atomic E-state index is 0.227. The molecule has 3 rings (SSSR count). The molecule has 2 aromatic carbocycles. The Labute approximate surface area is 135 Å². The molecule has 0 aliphatic rings. The van der Waals surface area contributed by atoms with Gasteiger partial charge in [0.05, 0.1) is 16.1 Å². The molecular weight excluding hydrogens is 310 g/mol. The van der Waals surface area contributed by atoms with Crippen LogP contribution in [0, 0.1) is 0 Å². The Hall–Kier alpha value is -2.44. The number of nitrogens with zero attached hydrogens (tertiary/aromatic N) is 1. The molecule has 0 spiro atoms. The van der Waals surface area contributed by atoms with Crippen LogP contribution in [0.3, 0.4) is 0 Å². The van der Waals surface area contributed by atoms with Crippen LogP contribution in [0.2, 0.25) is 0 Å². The summed E-state index contributed by atoms with van der Waals surface area (Å²) < 4.78 is 27.7. The molecule has 118 valence electrons. The summed E-state index contributed by atoms with van der Waals surface area (Å²) in [5.41, 5.74) is 2.13. The summed E-state index contributed by atoms with van der Waals surface area (Å²) in [5, 5.41) is 3.91. The second-order valence-electron chi connectivity index (χ2n) is 5.16. The quantitative estimate of drug-likeness (QED) is 0.756. The number of rotatable bonds is 5. The number of pyridine rings is 1. The normalized spacial score (nSPS) is 11.5. The highest BCUT2D eigenvalue weighted by molar-refractivity contribution is 7.92. The molecule has 0 unspecified atom stereocenters. The Balaban J connectivity index is 1.93. The molecular formula is C17H17N3O2S. The van der Waals surface area contributed by atoms with Gasteiger partial charge in [-0.2, -0.15) is 0 Å². The average Bonchev–Trinajstić information content (AvgIpc) is 2.56. The standard InChI is InChI=1S/C17H17N3O2S/c1-18-12-13-7-9-15(10-8-13)23(21,22)20-16-6-2-4-14-5-3-11-19-17(14)16/h2-11,18,20H,12H2,1H3. The van der Waals surface area contributed by atoms with E-state index in [0.717, 1.165) is 10.9 Å². The molecule has 0 aliphatic carbocycles. The van der Waals surface area contributed by atoms with E-state index >= 15 is 0 Å². The lowest BCUT2D eigenvalue weighted by atomic mass is 10.2. The molecule has 0 bridgehead atoms. The maximum atomic E-state index is 12.6. The fourth-order valence-electron chi connectivity index (χ4n) is 2.38. The number of benzene rings is 2. The first-order valence-corrected chi connectivity index (χ1v) is 8.68. The van der Waals surface area contributed by atoms with Crippen molar-refractivity contribution in [2.75, 3.05) is 11.8 Å². The van der Waals surface area contributed by atoms with Crippen LogP contribution in [0.5, 0.6) is 0 Å². The van der Waals surface area contributed by atoms with Crippen molar-refractivity contribution in [2.45, 2.75) is 11.4 Å². The number of sulfonamides is 1. The summed E-state index contributed by atoms with van der Waals surface area (Å²) in [7, 11) is -1.80. The number of nitrogens with one attached hydrogen (secondary N) is 2. The van der Waals surface area contributed by atoms with Crippen molar-refractivity contribution >= 4 is 26.6 Å². The number of fused-ring (bicyclic) bond motifs is 1. The number of hydrogen-bond donors (Lipinski definition) is 2. The first kappa shape index (κ1) is 15.5. The third kappa shape index (κ3) is 3.33. The maximum Gasteiger partial charge on any atom is 0.261 e. The Morgan fingerprint density at radius 2 is 1.74 bits per heavy atom. The fraction of sp³-hybridized carbons (Fsp3) is 0.118. The molecule has 0 atom stereocenters. The van der Waals surface area contributed by atoms with E-state index in [-0.39, 0.29) is 4.90 Å². The van der Waals surface area contributed by atoms with Gasteiger partial charge in [0.15, 0.2) is 0 Å². The molecule has 0 fully saturated rings. The monoisotopic (exact) mass is 327 g/mol. The molecule has 0 radical (unpaired) electrons. The van der Waals surface area contributed by atoms with Gasteiger partial charge in [-0.25, -0.2) is 8.42 Å². The van der Waals surface area contributed by atoms with E-state index < -0.39 is 10.0 Å². The van der Waals surface area contributed by atoms with Crippen LogP contribution in [-0.2, 0) is 16.6 Å². The lowest BCUT2D eigenvalue weighted by Crippen LogP contribution is -2.13. The highest BCUT2D eigenvalue weighted by Crippen LogP contribution is 2.23. The summed E-state index contributed by atoms with van der Waals surface area (Å²) in [6.07, 6.45) is 1.65. The topological polar surface area (TPSA) is 71.1 Å². The molecule has 0 aliphatic heterocycles. The number of aromatic nitrogens is 1. The molecule has 0 saturated carbocycles. The predicted molar refractivity (Wildman–Crippen MR) is 91.8 cm³/mol. The van der Waals surface area contributed by atoms with E-state index in [4.69, 9.17) is 0 Å². The van der Waals surface area contributed by atoms with E-state index in [1.54, 1.807) is 42.6 Å². The Morgan fingerprint density at radius 3 is 2.48 bits per heavy atom. The van der Waals surface area contributed by atoms with Gasteiger partial charge in [0.1, 0.15) is 0 Å². The van der Waals surface area contributed by atoms with Gasteiger partial charge < -0.3 is 5.32 Å². The zero-order valence-corrected chi connectivity index (χ0v) is 13.5. The zero-order valence-electron chi connectivity index (χ0n) is 12.7. The fourth-order valence-corrected chi connectivity index (χ4v) is 3.45. The Morgan fingerprint density at radius 1 is 1.00 bits per heavy atom. The van der Waals surface area contributed by atoms with Gasteiger partial charge in [0.25, 0.3) is 10.0 Å². The van der Waals surface area contributed by atoms with E-state index in [0.29, 0.717) is 17.7 Å². The van der Waals surface area contributed by atoms with Gasteiger partial charge in [0, 0.05) is 18.1 Å². The highest BCUT2D eigenvalue weighted by Gasteiger charge is 2.15. The summed E-state index contributed by atoms with van der Waals surface area (Å²) in [6, 6.07) is 15.9. The smallest absolute Gasteiger partial charge is 0.261 e. The maximum absolute atomic E-state index is 12.6. The van der Waals surface area contributed by atoms with Crippen molar-refractivity contribution < 1.29 is 8.42 Å². The van der Waals surface area contributed by atoms with Crippen LogP contribution in [0.1, 0.15) is 5.56 Å². The van der Waals surface area contributed by atoms with Crippen molar-refractivity contribution in [2.24, 2.45) is 0 Å². The van der Waals surface area contributed by atoms with E-state index in [2.05, 4.69) is 15.0 Å². The van der Waals surface area contributed by atoms with Crippen LogP contribution < -0.4 is 10.0 Å². The second-order valence-corrected chi connectivity index (χ2v) is 6.84. The van der Waals surface area contributed by atoms with Crippen molar-refractivity contribution in [1.82, 2.24) is 10.3 Å². The third-order valence-electron chi connectivity index (χ3n) is 3.49. The zero-order chi connectivity index (χ0) is 16.3. The summed E-state index contributed by atoms with van der Waals surface area (Å²) in [6.45, 7) is 0.695. The number of anilines is 1. The largest absolute Gasteiger partial charge is 0.316 e. The van der Waals surface area contributed by atoms with Crippen molar-refractivity contribution in [3.8, 4) is 0 Å². The van der Waals surface area contributed by atoms with E-state index in [1.807, 2.05) is 25.2 Å². The molecule has 6 heteroatoms. The first-order valence-electron chi connectivity index (χ1n) is 7.20. The van der Waals surface area contributed by atoms with Crippen LogP contribution >= 0.6 is 0 Å². The van der Waals surface area contributed by atoms with Gasteiger partial charge >= 0.3 is 0 Å². The minimum Gasteiger partial charge on any atom is -0.316 e. The summed E-state index contributed by atoms with van der Waals surface area (Å²) in [5.74, 6) is 0. The van der Waals surface area contributed by atoms with Crippen LogP contribution in [-0.4, -0.2) is 20.4 Å². The lowest BCUT2D eigenvalue weighted by molar-refractivity contribution is 0.601. The molecule has 5 nitrogen and oxygen atoms in total. The molecule has 0 amide bonds. The van der Waals surface area contributed by atoms with Gasteiger partial charge in [-0.15, -0.1) is 0 Å². The number of hydrogen-bond acceptors (Lipinski definition) is 4. The average molecular weight is 327 g/mol. The predicted octanol–water partition coefficient (Wildman–Crippen LogP) is 2.76. The van der Waals surface area contributed by atoms with Crippen molar-refractivity contribution in [1.29, 1.82) is 0 Å². The molecule has 23 heavy (non-hydrogen) atoms. The van der Waals surface area contributed by atoms with E-state index in [9.17, 15) is 8.42 Å². The Bertz CT molecular complexity index is 917. The van der Waals surface area contributed by atoms with Gasteiger partial charge in [0.2, 0.25) is 0 Å². The molecule has 2 N–H and O–H groups in total. The first-order chi connectivity index (χ1) is 11.1. The van der Waals surface area contributed by atoms with Gasteiger partial charge in [-0.05, 0) is 36.9 Å². The van der Waals surface area contributed by atoms with Gasteiger partial charge in [-0.1, -0.05) is 30.3 Å². The van der Waals surface area contributed by atoms with Gasteiger partial charge in [-0.3, -0.25) is 9.71 Å². The molecule has 0 saturated heterocycles. The highest BCUT2D eigenvalue weighted by atomic mass is 32.2. The minimum atomic E-state index is -3.65. The molecule has 1 heterocycles.